The highest BCUT2D eigenvalue weighted by atomic mass is 35.5. The Kier molecular flexibility index (Phi) is 6.07. The minimum atomic E-state index is -0.0392. The van der Waals surface area contributed by atoms with Crippen molar-refractivity contribution in [3.05, 3.63) is 30.1 Å². The molecule has 6 heteroatoms. The number of hydrogen-bond donors (Lipinski definition) is 3. The van der Waals surface area contributed by atoms with Crippen LogP contribution in [0.4, 0.5) is 0 Å². The molecule has 0 amide bonds. The van der Waals surface area contributed by atoms with Crippen molar-refractivity contribution in [2.75, 3.05) is 6.54 Å². The van der Waals surface area contributed by atoms with E-state index in [2.05, 4.69) is 15.3 Å². The van der Waals surface area contributed by atoms with Gasteiger partial charge in [-0.3, -0.25) is 0 Å². The lowest BCUT2D eigenvalue weighted by Crippen LogP contribution is -2.42. The van der Waals surface area contributed by atoms with Gasteiger partial charge in [0.1, 0.15) is 5.82 Å². The van der Waals surface area contributed by atoms with E-state index in [-0.39, 0.29) is 30.9 Å². The zero-order chi connectivity index (χ0) is 11.7. The van der Waals surface area contributed by atoms with Crippen LogP contribution in [0.25, 0.3) is 11.0 Å². The van der Waals surface area contributed by atoms with Gasteiger partial charge in [0, 0.05) is 6.04 Å². The number of benzene rings is 1. The topological polar surface area (TPSA) is 66.7 Å². The van der Waals surface area contributed by atoms with Crippen LogP contribution in [0.1, 0.15) is 31.1 Å². The van der Waals surface area contributed by atoms with Crippen molar-refractivity contribution in [1.82, 2.24) is 15.3 Å². The molecule has 3 rings (SSSR count). The van der Waals surface area contributed by atoms with E-state index in [9.17, 15) is 0 Å². The van der Waals surface area contributed by atoms with Crippen LogP contribution in [-0.4, -0.2) is 22.6 Å². The van der Waals surface area contributed by atoms with Crippen LogP contribution in [0.15, 0.2) is 24.3 Å². The Labute approximate surface area is 125 Å². The summed E-state index contributed by atoms with van der Waals surface area (Å²) in [5, 5.41) is 3.48. The standard InChI is InChI=1S/C13H18N4.2ClH/c14-12(11-7-3-4-8-15-11)13-16-9-5-1-2-6-10(9)17-13;;/h1-2,5-6,11-12,15H,3-4,7-8,14H2,(H,16,17);2*1H. The normalized spacial score (nSPS) is 20.4. The van der Waals surface area contributed by atoms with E-state index < -0.39 is 0 Å². The average molecular weight is 303 g/mol. The number of nitrogens with two attached hydrogens (primary N) is 1. The fourth-order valence-corrected chi connectivity index (χ4v) is 2.51. The van der Waals surface area contributed by atoms with Gasteiger partial charge in [0.25, 0.3) is 0 Å². The first-order valence-corrected chi connectivity index (χ1v) is 6.28. The molecule has 2 aromatic rings. The maximum atomic E-state index is 6.28. The summed E-state index contributed by atoms with van der Waals surface area (Å²) in [6, 6.07) is 8.36. The molecule has 2 atom stereocenters. The number of para-hydroxylation sites is 2. The summed E-state index contributed by atoms with van der Waals surface area (Å²) in [4.78, 5) is 7.88. The molecule has 1 aromatic heterocycles. The van der Waals surface area contributed by atoms with Crippen molar-refractivity contribution in [1.29, 1.82) is 0 Å². The van der Waals surface area contributed by atoms with E-state index >= 15 is 0 Å². The highest BCUT2D eigenvalue weighted by Crippen LogP contribution is 2.21. The van der Waals surface area contributed by atoms with Crippen molar-refractivity contribution in [2.45, 2.75) is 31.3 Å². The number of aromatic nitrogens is 2. The second-order valence-electron chi connectivity index (χ2n) is 4.72. The van der Waals surface area contributed by atoms with Gasteiger partial charge in [0.05, 0.1) is 17.1 Å². The number of nitrogens with one attached hydrogen (secondary N) is 2. The van der Waals surface area contributed by atoms with Crippen molar-refractivity contribution >= 4 is 35.8 Å². The van der Waals surface area contributed by atoms with E-state index in [0.29, 0.717) is 6.04 Å². The van der Waals surface area contributed by atoms with Crippen LogP contribution in [0.3, 0.4) is 0 Å². The van der Waals surface area contributed by atoms with Gasteiger partial charge in [-0.1, -0.05) is 18.6 Å². The zero-order valence-electron chi connectivity index (χ0n) is 10.6. The van der Waals surface area contributed by atoms with Crippen LogP contribution in [0.2, 0.25) is 0 Å². The van der Waals surface area contributed by atoms with Crippen LogP contribution in [-0.2, 0) is 0 Å². The third kappa shape index (κ3) is 3.39. The molecule has 1 saturated heterocycles. The molecule has 2 heterocycles. The maximum absolute atomic E-state index is 6.28. The Bertz CT molecular complexity index is 475. The first kappa shape index (κ1) is 16.2. The number of imidazole rings is 1. The van der Waals surface area contributed by atoms with Crippen molar-refractivity contribution < 1.29 is 0 Å². The number of fused-ring (bicyclic) bond motifs is 1. The second-order valence-corrected chi connectivity index (χ2v) is 4.72. The minimum Gasteiger partial charge on any atom is -0.341 e. The lowest BCUT2D eigenvalue weighted by Gasteiger charge is -2.27. The number of nitrogens with zero attached hydrogens (tertiary/aromatic N) is 1. The number of H-pyrrole nitrogens is 1. The molecular formula is C13H20Cl2N4. The Balaban J connectivity index is 0.000000902. The summed E-state index contributed by atoms with van der Waals surface area (Å²) in [5.74, 6) is 0.894. The lowest BCUT2D eigenvalue weighted by molar-refractivity contribution is 0.347. The molecule has 1 aliphatic heterocycles. The molecule has 4 N–H and O–H groups in total. The molecule has 1 aromatic carbocycles. The van der Waals surface area contributed by atoms with E-state index in [4.69, 9.17) is 5.73 Å². The Hall–Kier alpha value is -0.810. The number of piperidine rings is 1. The first-order chi connectivity index (χ1) is 8.34. The molecule has 0 spiro atoms. The van der Waals surface area contributed by atoms with E-state index in [1.165, 1.54) is 12.8 Å². The maximum Gasteiger partial charge on any atom is 0.125 e. The third-order valence-corrected chi connectivity index (χ3v) is 3.51. The fraction of sp³-hybridized carbons (Fsp3) is 0.462. The van der Waals surface area contributed by atoms with Gasteiger partial charge in [-0.2, -0.15) is 0 Å². The molecule has 4 nitrogen and oxygen atoms in total. The van der Waals surface area contributed by atoms with Crippen LogP contribution in [0, 0.1) is 0 Å². The molecule has 1 fully saturated rings. The molecule has 0 saturated carbocycles. The molecule has 0 aliphatic carbocycles. The van der Waals surface area contributed by atoms with Crippen LogP contribution in [0.5, 0.6) is 0 Å². The van der Waals surface area contributed by atoms with E-state index in [0.717, 1.165) is 29.8 Å². The van der Waals surface area contributed by atoms with Gasteiger partial charge in [-0.15, -0.1) is 24.8 Å². The Morgan fingerprint density at radius 2 is 2.00 bits per heavy atom. The van der Waals surface area contributed by atoms with Gasteiger partial charge in [0.15, 0.2) is 0 Å². The van der Waals surface area contributed by atoms with Crippen LogP contribution < -0.4 is 11.1 Å². The third-order valence-electron chi connectivity index (χ3n) is 3.51. The Morgan fingerprint density at radius 3 is 2.68 bits per heavy atom. The van der Waals surface area contributed by atoms with Gasteiger partial charge >= 0.3 is 0 Å². The Morgan fingerprint density at radius 1 is 1.21 bits per heavy atom. The van der Waals surface area contributed by atoms with Gasteiger partial charge in [0.2, 0.25) is 0 Å². The number of aromatic amines is 1. The molecular weight excluding hydrogens is 283 g/mol. The molecule has 19 heavy (non-hydrogen) atoms. The smallest absolute Gasteiger partial charge is 0.125 e. The number of rotatable bonds is 2. The van der Waals surface area contributed by atoms with Gasteiger partial charge in [-0.25, -0.2) is 4.98 Å². The molecule has 106 valence electrons. The highest BCUT2D eigenvalue weighted by Gasteiger charge is 2.23. The predicted octanol–water partition coefficient (Wildman–Crippen LogP) is 2.55. The summed E-state index contributed by atoms with van der Waals surface area (Å²) in [7, 11) is 0. The summed E-state index contributed by atoms with van der Waals surface area (Å²) in [6.45, 7) is 1.07. The van der Waals surface area contributed by atoms with Crippen LogP contribution >= 0.6 is 24.8 Å². The van der Waals surface area contributed by atoms with Crippen molar-refractivity contribution in [3.8, 4) is 0 Å². The second kappa shape index (κ2) is 7.10. The quantitative estimate of drug-likeness (QED) is 0.799. The summed E-state index contributed by atoms with van der Waals surface area (Å²) < 4.78 is 0. The highest BCUT2D eigenvalue weighted by molar-refractivity contribution is 5.85. The largest absolute Gasteiger partial charge is 0.341 e. The molecule has 0 bridgehead atoms. The monoisotopic (exact) mass is 302 g/mol. The van der Waals surface area contributed by atoms with Gasteiger partial charge in [-0.05, 0) is 31.5 Å². The average Bonchev–Trinajstić information content (AvgIpc) is 2.82. The fourth-order valence-electron chi connectivity index (χ4n) is 2.51. The zero-order valence-corrected chi connectivity index (χ0v) is 12.3. The number of hydrogen-bond acceptors (Lipinski definition) is 3. The SMILES string of the molecule is Cl.Cl.NC(c1nc2ccccc2[nH]1)C1CCCCN1. The molecule has 2 unspecified atom stereocenters. The predicted molar refractivity (Wildman–Crippen MR) is 83.2 cm³/mol. The van der Waals surface area contributed by atoms with Crippen molar-refractivity contribution in [3.63, 3.8) is 0 Å². The summed E-state index contributed by atoms with van der Waals surface area (Å²) in [6.07, 6.45) is 3.65. The minimum absolute atomic E-state index is 0. The van der Waals surface area contributed by atoms with E-state index in [1.54, 1.807) is 0 Å². The summed E-state index contributed by atoms with van der Waals surface area (Å²) >= 11 is 0. The van der Waals surface area contributed by atoms with Gasteiger partial charge < -0.3 is 16.0 Å². The lowest BCUT2D eigenvalue weighted by atomic mass is 9.98. The molecule has 0 radical (unpaired) electrons. The number of halogens is 2. The summed E-state index contributed by atoms with van der Waals surface area (Å²) in [5.41, 5.74) is 8.34. The molecule has 1 aliphatic rings. The van der Waals surface area contributed by atoms with Crippen molar-refractivity contribution in [2.24, 2.45) is 5.73 Å². The van der Waals surface area contributed by atoms with E-state index in [1.807, 2.05) is 24.3 Å². The first-order valence-electron chi connectivity index (χ1n) is 6.28.